The van der Waals surface area contributed by atoms with Crippen molar-refractivity contribution in [1.82, 2.24) is 19.9 Å². The van der Waals surface area contributed by atoms with Crippen LogP contribution in [0.3, 0.4) is 0 Å². The van der Waals surface area contributed by atoms with E-state index in [2.05, 4.69) is 22.1 Å². The molecule has 0 aromatic carbocycles. The average Bonchev–Trinajstić information content (AvgIpc) is 3.16. The number of rotatable bonds is 4. The Morgan fingerprint density at radius 1 is 1.38 bits per heavy atom. The smallest absolute Gasteiger partial charge is 0.227 e. The van der Waals surface area contributed by atoms with Crippen LogP contribution in [0.25, 0.3) is 11.4 Å². The second kappa shape index (κ2) is 6.36. The molecule has 0 bridgehead atoms. The molecule has 0 atom stereocenters. The Balaban J connectivity index is 1.52. The number of likely N-dealkylation sites (N-methyl/N-ethyl adjacent to an activating group) is 1. The summed E-state index contributed by atoms with van der Waals surface area (Å²) in [6, 6.07) is 1.95. The SMILES string of the molecule is CN1CCN(C(=O)CCc2nc(-c3ccsc3)no2)CC1. The number of hydrogen-bond acceptors (Lipinski definition) is 6. The van der Waals surface area contributed by atoms with Crippen LogP contribution in [0.4, 0.5) is 0 Å². The summed E-state index contributed by atoms with van der Waals surface area (Å²) in [5.74, 6) is 1.29. The monoisotopic (exact) mass is 306 g/mol. The summed E-state index contributed by atoms with van der Waals surface area (Å²) in [4.78, 5) is 20.6. The Morgan fingerprint density at radius 3 is 2.90 bits per heavy atom. The molecule has 2 aromatic rings. The summed E-state index contributed by atoms with van der Waals surface area (Å²) in [7, 11) is 2.08. The first-order valence-corrected chi connectivity index (χ1v) is 7.98. The van der Waals surface area contributed by atoms with Crippen molar-refractivity contribution >= 4 is 17.2 Å². The van der Waals surface area contributed by atoms with Crippen LogP contribution in [0.5, 0.6) is 0 Å². The molecule has 0 radical (unpaired) electrons. The van der Waals surface area contributed by atoms with Crippen molar-refractivity contribution in [1.29, 1.82) is 0 Å². The zero-order valence-electron chi connectivity index (χ0n) is 12.0. The van der Waals surface area contributed by atoms with Gasteiger partial charge in [-0.3, -0.25) is 4.79 Å². The van der Waals surface area contributed by atoms with Gasteiger partial charge in [0, 0.05) is 50.0 Å². The van der Waals surface area contributed by atoms with Crippen LogP contribution in [0, 0.1) is 0 Å². The summed E-state index contributed by atoms with van der Waals surface area (Å²) in [6.45, 7) is 3.49. The van der Waals surface area contributed by atoms with Crippen LogP contribution in [0.15, 0.2) is 21.3 Å². The van der Waals surface area contributed by atoms with E-state index in [1.165, 1.54) is 0 Å². The first-order chi connectivity index (χ1) is 10.2. The lowest BCUT2D eigenvalue weighted by Crippen LogP contribution is -2.47. The normalized spacial score (nSPS) is 16.3. The van der Waals surface area contributed by atoms with Gasteiger partial charge in [0.1, 0.15) is 0 Å². The summed E-state index contributed by atoms with van der Waals surface area (Å²) in [5, 5.41) is 7.90. The van der Waals surface area contributed by atoms with Crippen molar-refractivity contribution in [3.05, 3.63) is 22.7 Å². The number of amides is 1. The molecule has 0 aliphatic carbocycles. The Bertz CT molecular complexity index is 588. The summed E-state index contributed by atoms with van der Waals surface area (Å²) < 4.78 is 5.21. The van der Waals surface area contributed by atoms with Gasteiger partial charge in [-0.05, 0) is 18.5 Å². The van der Waals surface area contributed by atoms with E-state index in [1.54, 1.807) is 11.3 Å². The standard InChI is InChI=1S/C14H18N4O2S/c1-17-5-7-18(8-6-17)13(19)3-2-12-15-14(16-20-12)11-4-9-21-10-11/h4,9-10H,2-3,5-8H2,1H3. The third-order valence-corrected chi connectivity index (χ3v) is 4.34. The number of hydrogen-bond donors (Lipinski definition) is 0. The highest BCUT2D eigenvalue weighted by molar-refractivity contribution is 7.08. The van der Waals surface area contributed by atoms with E-state index in [1.807, 2.05) is 21.7 Å². The molecule has 1 fully saturated rings. The lowest BCUT2D eigenvalue weighted by Gasteiger charge is -2.32. The fourth-order valence-electron chi connectivity index (χ4n) is 2.29. The Kier molecular flexibility index (Phi) is 4.31. The third kappa shape index (κ3) is 3.48. The van der Waals surface area contributed by atoms with Gasteiger partial charge in [-0.1, -0.05) is 5.16 Å². The molecule has 0 spiro atoms. The van der Waals surface area contributed by atoms with Gasteiger partial charge in [0.25, 0.3) is 0 Å². The van der Waals surface area contributed by atoms with Gasteiger partial charge in [0.05, 0.1) is 0 Å². The van der Waals surface area contributed by atoms with E-state index in [0.29, 0.717) is 24.6 Å². The maximum Gasteiger partial charge on any atom is 0.227 e. The van der Waals surface area contributed by atoms with Gasteiger partial charge in [-0.2, -0.15) is 16.3 Å². The zero-order chi connectivity index (χ0) is 14.7. The highest BCUT2D eigenvalue weighted by Gasteiger charge is 2.19. The molecule has 0 saturated carbocycles. The molecule has 1 amide bonds. The Morgan fingerprint density at radius 2 is 2.19 bits per heavy atom. The van der Waals surface area contributed by atoms with Gasteiger partial charge < -0.3 is 14.3 Å². The van der Waals surface area contributed by atoms with E-state index < -0.39 is 0 Å². The van der Waals surface area contributed by atoms with Crippen molar-refractivity contribution in [2.45, 2.75) is 12.8 Å². The molecular weight excluding hydrogens is 288 g/mol. The molecule has 6 nitrogen and oxygen atoms in total. The van der Waals surface area contributed by atoms with Crippen LogP contribution in [-0.2, 0) is 11.2 Å². The van der Waals surface area contributed by atoms with Gasteiger partial charge in [-0.15, -0.1) is 0 Å². The molecular formula is C14H18N4O2S. The van der Waals surface area contributed by atoms with Crippen LogP contribution in [0.2, 0.25) is 0 Å². The predicted molar refractivity (Wildman–Crippen MR) is 80.0 cm³/mol. The van der Waals surface area contributed by atoms with Crippen LogP contribution in [0.1, 0.15) is 12.3 Å². The van der Waals surface area contributed by atoms with E-state index in [4.69, 9.17) is 4.52 Å². The highest BCUT2D eigenvalue weighted by Crippen LogP contribution is 2.19. The fraction of sp³-hybridized carbons (Fsp3) is 0.500. The van der Waals surface area contributed by atoms with E-state index in [0.717, 1.165) is 31.7 Å². The van der Waals surface area contributed by atoms with Crippen LogP contribution in [-0.4, -0.2) is 59.1 Å². The molecule has 112 valence electrons. The molecule has 3 rings (SSSR count). The number of aromatic nitrogens is 2. The van der Waals surface area contributed by atoms with Crippen molar-refractivity contribution in [3.63, 3.8) is 0 Å². The van der Waals surface area contributed by atoms with Gasteiger partial charge in [0.2, 0.25) is 17.6 Å². The molecule has 2 aromatic heterocycles. The molecule has 0 unspecified atom stereocenters. The fourth-order valence-corrected chi connectivity index (χ4v) is 2.93. The van der Waals surface area contributed by atoms with Gasteiger partial charge in [0.15, 0.2) is 0 Å². The van der Waals surface area contributed by atoms with Crippen molar-refractivity contribution in [2.75, 3.05) is 33.2 Å². The predicted octanol–water partition coefficient (Wildman–Crippen LogP) is 1.50. The number of aryl methyl sites for hydroxylation is 1. The molecule has 0 N–H and O–H groups in total. The maximum absolute atomic E-state index is 12.1. The van der Waals surface area contributed by atoms with Crippen molar-refractivity contribution < 1.29 is 9.32 Å². The first-order valence-electron chi connectivity index (χ1n) is 7.04. The summed E-state index contributed by atoms with van der Waals surface area (Å²) >= 11 is 1.59. The molecule has 21 heavy (non-hydrogen) atoms. The number of carbonyl (C=O) groups is 1. The number of piperazine rings is 1. The van der Waals surface area contributed by atoms with E-state index in [-0.39, 0.29) is 5.91 Å². The Hall–Kier alpha value is -1.73. The lowest BCUT2D eigenvalue weighted by atomic mass is 10.2. The second-order valence-corrected chi connectivity index (χ2v) is 5.99. The molecule has 1 aliphatic rings. The van der Waals surface area contributed by atoms with Crippen molar-refractivity contribution in [2.24, 2.45) is 0 Å². The molecule has 3 heterocycles. The largest absolute Gasteiger partial charge is 0.340 e. The van der Waals surface area contributed by atoms with E-state index in [9.17, 15) is 4.79 Å². The minimum atomic E-state index is 0.165. The topological polar surface area (TPSA) is 62.5 Å². The van der Waals surface area contributed by atoms with Crippen LogP contribution < -0.4 is 0 Å². The third-order valence-electron chi connectivity index (χ3n) is 3.66. The highest BCUT2D eigenvalue weighted by atomic mass is 32.1. The zero-order valence-corrected chi connectivity index (χ0v) is 12.8. The molecule has 1 aliphatic heterocycles. The molecule has 1 saturated heterocycles. The minimum absolute atomic E-state index is 0.165. The second-order valence-electron chi connectivity index (χ2n) is 5.21. The summed E-state index contributed by atoms with van der Waals surface area (Å²) in [5.41, 5.74) is 0.959. The van der Waals surface area contributed by atoms with Gasteiger partial charge >= 0.3 is 0 Å². The minimum Gasteiger partial charge on any atom is -0.340 e. The van der Waals surface area contributed by atoms with E-state index >= 15 is 0 Å². The quantitative estimate of drug-likeness (QED) is 0.856. The average molecular weight is 306 g/mol. The summed E-state index contributed by atoms with van der Waals surface area (Å²) in [6.07, 6.45) is 0.928. The Labute approximate surface area is 127 Å². The first kappa shape index (κ1) is 14.2. The maximum atomic E-state index is 12.1. The lowest BCUT2D eigenvalue weighted by molar-refractivity contribution is -0.132. The number of nitrogens with zero attached hydrogens (tertiary/aromatic N) is 4. The van der Waals surface area contributed by atoms with Gasteiger partial charge in [-0.25, -0.2) is 0 Å². The molecule has 7 heteroatoms. The van der Waals surface area contributed by atoms with Crippen molar-refractivity contribution in [3.8, 4) is 11.4 Å². The number of carbonyl (C=O) groups excluding carboxylic acids is 1. The van der Waals surface area contributed by atoms with Crippen LogP contribution >= 0.6 is 11.3 Å². The number of thiophene rings is 1.